The van der Waals surface area contributed by atoms with Crippen molar-refractivity contribution < 1.29 is 0 Å². The fourth-order valence-electron chi connectivity index (χ4n) is 2.43. The third-order valence-electron chi connectivity index (χ3n) is 3.84. The van der Waals surface area contributed by atoms with E-state index in [0.717, 1.165) is 11.8 Å². The SMILES string of the molecule is C[C@H](C1=NC2(P)C[C@H](C)[C@H]2CS1)N(C)C. The van der Waals surface area contributed by atoms with E-state index in [-0.39, 0.29) is 5.28 Å². The smallest absolute Gasteiger partial charge is 0.0856 e. The lowest BCUT2D eigenvalue weighted by Gasteiger charge is -2.52. The molecule has 0 bridgehead atoms. The molecule has 1 saturated carbocycles. The lowest BCUT2D eigenvalue weighted by atomic mass is 9.70. The summed E-state index contributed by atoms with van der Waals surface area (Å²) in [5.74, 6) is 2.89. The quantitative estimate of drug-likeness (QED) is 0.693. The van der Waals surface area contributed by atoms with Gasteiger partial charge in [0, 0.05) is 5.75 Å². The second-order valence-electron chi connectivity index (χ2n) is 5.18. The van der Waals surface area contributed by atoms with Crippen molar-refractivity contribution >= 4 is 26.0 Å². The van der Waals surface area contributed by atoms with Crippen molar-refractivity contribution in [1.29, 1.82) is 0 Å². The lowest BCUT2D eigenvalue weighted by molar-refractivity contribution is 0.147. The first kappa shape index (κ1) is 11.9. The van der Waals surface area contributed by atoms with Crippen LogP contribution in [0, 0.1) is 11.8 Å². The second-order valence-corrected chi connectivity index (χ2v) is 7.22. The number of fused-ring (bicyclic) bond motifs is 1. The molecule has 2 nitrogen and oxygen atoms in total. The zero-order valence-corrected chi connectivity index (χ0v) is 12.0. The van der Waals surface area contributed by atoms with Crippen LogP contribution in [0.15, 0.2) is 4.99 Å². The molecule has 0 spiro atoms. The van der Waals surface area contributed by atoms with E-state index in [4.69, 9.17) is 4.99 Å². The Morgan fingerprint density at radius 1 is 1.60 bits per heavy atom. The Labute approximate surface area is 99.5 Å². The van der Waals surface area contributed by atoms with Gasteiger partial charge in [0.15, 0.2) is 0 Å². The molecule has 0 N–H and O–H groups in total. The number of hydrogen-bond donors (Lipinski definition) is 0. The summed E-state index contributed by atoms with van der Waals surface area (Å²) in [6.45, 7) is 4.59. The molecule has 2 rings (SSSR count). The highest BCUT2D eigenvalue weighted by atomic mass is 32.2. The van der Waals surface area contributed by atoms with E-state index in [1.165, 1.54) is 17.2 Å². The van der Waals surface area contributed by atoms with Gasteiger partial charge in [0.25, 0.3) is 0 Å². The predicted molar refractivity (Wildman–Crippen MR) is 72.8 cm³/mol. The van der Waals surface area contributed by atoms with Crippen LogP contribution in [0.4, 0.5) is 0 Å². The Balaban J connectivity index is 2.14. The van der Waals surface area contributed by atoms with E-state index in [9.17, 15) is 0 Å². The van der Waals surface area contributed by atoms with Gasteiger partial charge in [-0.2, -0.15) is 0 Å². The number of rotatable bonds is 2. The van der Waals surface area contributed by atoms with Crippen LogP contribution >= 0.6 is 21.0 Å². The molecular weight excluding hydrogens is 223 g/mol. The highest BCUT2D eigenvalue weighted by Crippen LogP contribution is 2.55. The lowest BCUT2D eigenvalue weighted by Crippen LogP contribution is -2.52. The molecule has 1 fully saturated rings. The Bertz CT molecular complexity index is 292. The van der Waals surface area contributed by atoms with Crippen molar-refractivity contribution in [3.8, 4) is 0 Å². The second kappa shape index (κ2) is 4.01. The highest BCUT2D eigenvalue weighted by Gasteiger charge is 2.51. The summed E-state index contributed by atoms with van der Waals surface area (Å²) in [7, 11) is 7.24. The minimum absolute atomic E-state index is 0.185. The van der Waals surface area contributed by atoms with E-state index in [1.807, 2.05) is 11.8 Å². The fourth-order valence-corrected chi connectivity index (χ4v) is 5.30. The molecule has 0 aromatic carbocycles. The highest BCUT2D eigenvalue weighted by molar-refractivity contribution is 8.14. The van der Waals surface area contributed by atoms with Crippen LogP contribution in [-0.4, -0.2) is 41.1 Å². The fraction of sp³-hybridized carbons (Fsp3) is 0.909. The van der Waals surface area contributed by atoms with Gasteiger partial charge in [-0.25, -0.2) is 0 Å². The first-order chi connectivity index (χ1) is 6.94. The molecule has 1 aliphatic carbocycles. The van der Waals surface area contributed by atoms with Crippen molar-refractivity contribution in [3.05, 3.63) is 0 Å². The maximum atomic E-state index is 4.95. The largest absolute Gasteiger partial charge is 0.301 e. The van der Waals surface area contributed by atoms with Gasteiger partial charge in [-0.1, -0.05) is 6.92 Å². The minimum atomic E-state index is 0.185. The summed E-state index contributed by atoms with van der Waals surface area (Å²) in [4.78, 5) is 7.19. The number of aliphatic imine (C=N–C) groups is 1. The van der Waals surface area contributed by atoms with E-state index in [1.54, 1.807) is 0 Å². The molecule has 0 saturated heterocycles. The van der Waals surface area contributed by atoms with Gasteiger partial charge in [-0.05, 0) is 39.3 Å². The zero-order valence-electron chi connectivity index (χ0n) is 10.0. The Morgan fingerprint density at radius 2 is 2.27 bits per heavy atom. The van der Waals surface area contributed by atoms with E-state index in [2.05, 4.69) is 42.1 Å². The monoisotopic (exact) mass is 244 g/mol. The van der Waals surface area contributed by atoms with Gasteiger partial charge in [-0.3, -0.25) is 4.99 Å². The van der Waals surface area contributed by atoms with Gasteiger partial charge >= 0.3 is 0 Å². The predicted octanol–water partition coefficient (Wildman–Crippen LogP) is 2.31. The van der Waals surface area contributed by atoms with Crippen LogP contribution in [0.5, 0.6) is 0 Å². The van der Waals surface area contributed by atoms with Crippen LogP contribution < -0.4 is 0 Å². The van der Waals surface area contributed by atoms with Crippen LogP contribution in [0.2, 0.25) is 0 Å². The summed E-state index contributed by atoms with van der Waals surface area (Å²) in [5, 5.41) is 1.50. The Morgan fingerprint density at radius 3 is 2.73 bits per heavy atom. The van der Waals surface area contributed by atoms with Gasteiger partial charge in [-0.15, -0.1) is 21.0 Å². The molecule has 2 unspecified atom stereocenters. The zero-order chi connectivity index (χ0) is 11.2. The standard InChI is InChI=1S/C11H21N2PS/c1-7-5-11(14)9(7)6-15-10(12-11)8(2)13(3)4/h7-9H,5-6,14H2,1-4H3/t7-,8+,9+,11?/m0/s1. The first-order valence-corrected chi connectivity index (χ1v) is 7.18. The van der Waals surface area contributed by atoms with Crippen molar-refractivity contribution in [2.75, 3.05) is 19.8 Å². The van der Waals surface area contributed by atoms with Crippen LogP contribution in [0.25, 0.3) is 0 Å². The first-order valence-electron chi connectivity index (χ1n) is 5.62. The van der Waals surface area contributed by atoms with E-state index < -0.39 is 0 Å². The van der Waals surface area contributed by atoms with Gasteiger partial charge in [0.1, 0.15) is 0 Å². The molecule has 86 valence electrons. The van der Waals surface area contributed by atoms with Crippen LogP contribution in [-0.2, 0) is 0 Å². The molecular formula is C11H21N2PS. The average molecular weight is 244 g/mol. The van der Waals surface area contributed by atoms with E-state index >= 15 is 0 Å². The third kappa shape index (κ3) is 1.99. The average Bonchev–Trinajstić information content (AvgIpc) is 2.14. The molecule has 0 amide bonds. The summed E-state index contributed by atoms with van der Waals surface area (Å²) < 4.78 is 0. The van der Waals surface area contributed by atoms with Gasteiger partial charge < -0.3 is 4.90 Å². The summed E-state index contributed by atoms with van der Waals surface area (Å²) in [6, 6.07) is 0.462. The van der Waals surface area contributed by atoms with Crippen molar-refractivity contribution in [2.24, 2.45) is 16.8 Å². The molecule has 4 heteroatoms. The van der Waals surface area contributed by atoms with Crippen LogP contribution in [0.3, 0.4) is 0 Å². The molecule has 0 aromatic rings. The molecule has 0 aromatic heterocycles. The Kier molecular flexibility index (Phi) is 3.18. The Hall–Kier alpha value is 0.410. The number of hydrogen-bond acceptors (Lipinski definition) is 3. The maximum Gasteiger partial charge on any atom is 0.0856 e. The maximum absolute atomic E-state index is 4.95. The summed E-state index contributed by atoms with van der Waals surface area (Å²) in [6.07, 6.45) is 1.24. The molecule has 5 atom stereocenters. The molecule has 2 aliphatic rings. The summed E-state index contributed by atoms with van der Waals surface area (Å²) >= 11 is 1.96. The number of nitrogens with zero attached hydrogens (tertiary/aromatic N) is 2. The van der Waals surface area contributed by atoms with Crippen molar-refractivity contribution in [1.82, 2.24) is 4.90 Å². The third-order valence-corrected chi connectivity index (χ3v) is 5.89. The molecule has 15 heavy (non-hydrogen) atoms. The minimum Gasteiger partial charge on any atom is -0.301 e. The summed E-state index contributed by atoms with van der Waals surface area (Å²) in [5.41, 5.74) is 0. The van der Waals surface area contributed by atoms with Crippen molar-refractivity contribution in [2.45, 2.75) is 31.6 Å². The van der Waals surface area contributed by atoms with E-state index in [0.29, 0.717) is 6.04 Å². The normalized spacial score (nSPS) is 41.9. The van der Waals surface area contributed by atoms with Crippen LogP contribution in [0.1, 0.15) is 20.3 Å². The number of thioether (sulfide) groups is 1. The van der Waals surface area contributed by atoms with Crippen molar-refractivity contribution in [3.63, 3.8) is 0 Å². The van der Waals surface area contributed by atoms with Gasteiger partial charge in [0.05, 0.1) is 16.4 Å². The molecule has 1 heterocycles. The van der Waals surface area contributed by atoms with Gasteiger partial charge in [0.2, 0.25) is 0 Å². The molecule has 0 radical (unpaired) electrons. The topological polar surface area (TPSA) is 15.6 Å². The molecule has 1 aliphatic heterocycles.